The summed E-state index contributed by atoms with van der Waals surface area (Å²) in [7, 11) is -6.43. The van der Waals surface area contributed by atoms with Crippen molar-refractivity contribution in [3.05, 3.63) is 143 Å². The van der Waals surface area contributed by atoms with Gasteiger partial charge in [-0.25, -0.2) is 26.4 Å². The first-order valence-corrected chi connectivity index (χ1v) is 29.2. The number of hydrogen-bond donors (Lipinski definition) is 2. The molecule has 0 heterocycles. The molecule has 6 rings (SSSR count). The van der Waals surface area contributed by atoms with E-state index in [1.165, 1.54) is 100 Å². The lowest BCUT2D eigenvalue weighted by atomic mass is 9.77. The molecule has 4 aromatic rings. The predicted molar refractivity (Wildman–Crippen MR) is 288 cm³/mol. The molecule has 0 spiro atoms. The van der Waals surface area contributed by atoms with Crippen molar-refractivity contribution < 1.29 is 60.3 Å². The minimum Gasteiger partial charge on any atom is -0.508 e. The zero-order valence-electron chi connectivity index (χ0n) is 42.9. The standard InChI is InChI=1S/C29H38O6S.C15H22O.C14H18O6S/c1-3-6-23-7-9-24(10-8-23)25-11-17-28(18-12-25)35-29(30)26-13-15-27(16-14-26)34-20-5-19-33-21-22-36(31,32)4-2;1-2-3-12-4-6-13(7-5-12)14-8-10-15(16)11-9-14;1-2-21(17,18)11-10-19-8-3-9-20-13-6-4-12(5-7-13)14(15)16/h4,11-18,23-24H,2-3,5-10,19-22H2,1H3;8-13,16H,2-7H2,1H3;2,4-7H,1,3,8-11H2,(H,15,16). The van der Waals surface area contributed by atoms with Crippen molar-refractivity contribution in [3.63, 3.8) is 0 Å². The Morgan fingerprint density at radius 1 is 0.534 bits per heavy atom. The third kappa shape index (κ3) is 23.5. The molecule has 0 aromatic heterocycles. The van der Waals surface area contributed by atoms with Gasteiger partial charge in [-0.2, -0.15) is 0 Å². The highest BCUT2D eigenvalue weighted by atomic mass is 32.2. The van der Waals surface area contributed by atoms with Crippen molar-refractivity contribution in [2.75, 3.05) is 51.1 Å². The molecule has 400 valence electrons. The Hall–Kier alpha value is -5.48. The van der Waals surface area contributed by atoms with Gasteiger partial charge in [-0.3, -0.25) is 0 Å². The maximum absolute atomic E-state index is 12.5. The lowest BCUT2D eigenvalue weighted by Crippen LogP contribution is -2.13. The van der Waals surface area contributed by atoms with Crippen LogP contribution in [0.3, 0.4) is 0 Å². The van der Waals surface area contributed by atoms with E-state index < -0.39 is 31.6 Å². The summed E-state index contributed by atoms with van der Waals surface area (Å²) in [6.45, 7) is 12.9. The smallest absolute Gasteiger partial charge is 0.343 e. The highest BCUT2D eigenvalue weighted by molar-refractivity contribution is 7.94. The summed E-state index contributed by atoms with van der Waals surface area (Å²) in [6, 6.07) is 28.7. The number of phenols is 1. The number of carbonyl (C=O) groups is 2. The first-order valence-electron chi connectivity index (χ1n) is 25.8. The van der Waals surface area contributed by atoms with Gasteiger partial charge in [0.25, 0.3) is 0 Å². The maximum atomic E-state index is 12.5. The molecule has 13 nitrogen and oxygen atoms in total. The number of benzene rings is 4. The summed E-state index contributed by atoms with van der Waals surface area (Å²) >= 11 is 0. The fourth-order valence-corrected chi connectivity index (χ4v) is 9.94. The second-order valence-electron chi connectivity index (χ2n) is 18.6. The molecule has 2 fully saturated rings. The monoisotopic (exact) mass is 1050 g/mol. The van der Waals surface area contributed by atoms with E-state index in [0.717, 1.165) is 28.6 Å². The molecule has 15 heteroatoms. The molecule has 0 atom stereocenters. The average Bonchev–Trinajstić information content (AvgIpc) is 3.40. The topological polar surface area (TPSA) is 189 Å². The molecule has 2 saturated carbocycles. The normalized spacial score (nSPS) is 17.6. The maximum Gasteiger partial charge on any atom is 0.343 e. The third-order valence-corrected chi connectivity index (χ3v) is 15.6. The second-order valence-corrected chi connectivity index (χ2v) is 22.7. The Labute approximate surface area is 434 Å². The minimum absolute atomic E-state index is 0.0703. The fourth-order valence-electron chi connectivity index (χ4n) is 8.91. The van der Waals surface area contributed by atoms with Gasteiger partial charge in [0.15, 0.2) is 19.7 Å². The Kier molecular flexibility index (Phi) is 26.9. The molecule has 73 heavy (non-hydrogen) atoms. The van der Waals surface area contributed by atoms with Crippen molar-refractivity contribution in [1.82, 2.24) is 0 Å². The van der Waals surface area contributed by atoms with E-state index in [-0.39, 0.29) is 30.3 Å². The number of carboxylic acid groups (broad SMARTS) is 1. The molecule has 0 radical (unpaired) electrons. The zero-order chi connectivity index (χ0) is 52.9. The van der Waals surface area contributed by atoms with E-state index >= 15 is 0 Å². The van der Waals surface area contributed by atoms with Crippen LogP contribution >= 0.6 is 0 Å². The number of ether oxygens (including phenoxy) is 5. The highest BCUT2D eigenvalue weighted by Crippen LogP contribution is 2.39. The van der Waals surface area contributed by atoms with Gasteiger partial charge in [-0.15, -0.1) is 0 Å². The molecule has 0 amide bonds. The lowest BCUT2D eigenvalue weighted by Gasteiger charge is -2.28. The number of hydrogen-bond acceptors (Lipinski definition) is 12. The summed E-state index contributed by atoms with van der Waals surface area (Å²) in [5.74, 6) is 3.80. The first-order chi connectivity index (χ1) is 35.1. The number of carbonyl (C=O) groups excluding carboxylic acids is 1. The molecule has 0 aliphatic heterocycles. The van der Waals surface area contributed by atoms with Gasteiger partial charge < -0.3 is 33.9 Å². The molecule has 4 aromatic carbocycles. The van der Waals surface area contributed by atoms with E-state index in [1.807, 2.05) is 24.3 Å². The van der Waals surface area contributed by atoms with E-state index in [1.54, 1.807) is 36.4 Å². The van der Waals surface area contributed by atoms with E-state index in [0.29, 0.717) is 73.7 Å². The van der Waals surface area contributed by atoms with Crippen LogP contribution in [0.4, 0.5) is 0 Å². The Morgan fingerprint density at radius 2 is 0.918 bits per heavy atom. The van der Waals surface area contributed by atoms with Crippen molar-refractivity contribution in [2.24, 2.45) is 11.8 Å². The van der Waals surface area contributed by atoms with Crippen LogP contribution in [0.2, 0.25) is 0 Å². The van der Waals surface area contributed by atoms with Gasteiger partial charge in [0.2, 0.25) is 0 Å². The Balaban J connectivity index is 0.000000263. The van der Waals surface area contributed by atoms with Crippen LogP contribution in [0, 0.1) is 11.8 Å². The number of sulfone groups is 2. The van der Waals surface area contributed by atoms with Crippen LogP contribution < -0.4 is 14.2 Å². The highest BCUT2D eigenvalue weighted by Gasteiger charge is 2.23. The van der Waals surface area contributed by atoms with E-state index in [4.69, 9.17) is 28.8 Å². The average molecular weight is 1050 g/mol. The van der Waals surface area contributed by atoms with E-state index in [2.05, 4.69) is 51.3 Å². The van der Waals surface area contributed by atoms with Crippen LogP contribution in [0.25, 0.3) is 0 Å². The van der Waals surface area contributed by atoms with Crippen LogP contribution in [0.15, 0.2) is 121 Å². The van der Waals surface area contributed by atoms with E-state index in [9.17, 15) is 31.5 Å². The molecule has 2 aliphatic rings. The molecule has 0 saturated heterocycles. The quantitative estimate of drug-likeness (QED) is 0.0326. The second kappa shape index (κ2) is 32.7. The largest absolute Gasteiger partial charge is 0.508 e. The summed E-state index contributed by atoms with van der Waals surface area (Å²) < 4.78 is 71.8. The Morgan fingerprint density at radius 3 is 1.30 bits per heavy atom. The Bertz CT molecular complexity index is 2440. The summed E-state index contributed by atoms with van der Waals surface area (Å²) in [5.41, 5.74) is 3.40. The van der Waals surface area contributed by atoms with Crippen molar-refractivity contribution in [1.29, 1.82) is 0 Å². The fraction of sp³-hybridized carbons (Fsp3) is 0.483. The molecule has 2 N–H and O–H groups in total. The SMILES string of the molecule is C=CS(=O)(=O)CCOCCCOc1ccc(C(=O)O)cc1.C=CS(=O)(=O)CCOCCCOc1ccc(C(=O)Oc2ccc(C3CCC(CCC)CC3)cc2)cc1.CCCC1CCC(c2ccc(O)cc2)CC1. The van der Waals surface area contributed by atoms with Gasteiger partial charge in [0.1, 0.15) is 23.0 Å². The molecule has 0 bridgehead atoms. The minimum atomic E-state index is -3.23. The number of esters is 1. The van der Waals surface area contributed by atoms with Crippen LogP contribution in [0.1, 0.15) is 147 Å². The van der Waals surface area contributed by atoms with Gasteiger partial charge in [-0.1, -0.05) is 77.0 Å². The summed E-state index contributed by atoms with van der Waals surface area (Å²) in [4.78, 5) is 23.2. The lowest BCUT2D eigenvalue weighted by molar-refractivity contribution is 0.0694. The number of carboxylic acids is 1. The third-order valence-electron chi connectivity index (χ3n) is 13.1. The number of aromatic carboxylic acids is 1. The summed E-state index contributed by atoms with van der Waals surface area (Å²) in [6.07, 6.45) is 17.1. The predicted octanol–water partition coefficient (Wildman–Crippen LogP) is 12.5. The molecular weight excluding hydrogens is 969 g/mol. The summed E-state index contributed by atoms with van der Waals surface area (Å²) in [5, 5.41) is 19.9. The molecule has 0 unspecified atom stereocenters. The number of phenolic OH excluding ortho intramolecular Hbond substituents is 1. The van der Waals surface area contributed by atoms with Gasteiger partial charge in [-0.05, 0) is 159 Å². The van der Waals surface area contributed by atoms with Crippen LogP contribution in [0.5, 0.6) is 23.0 Å². The molecular formula is C58H78O13S2. The van der Waals surface area contributed by atoms with Gasteiger partial charge in [0.05, 0.1) is 49.1 Å². The van der Waals surface area contributed by atoms with Crippen molar-refractivity contribution >= 4 is 31.6 Å². The number of aromatic hydroxyl groups is 1. The van der Waals surface area contributed by atoms with Gasteiger partial charge in [0, 0.05) is 36.9 Å². The molecule has 2 aliphatic carbocycles. The zero-order valence-corrected chi connectivity index (χ0v) is 44.5. The first kappa shape index (κ1) is 60.1. The van der Waals surface area contributed by atoms with Crippen LogP contribution in [-0.2, 0) is 29.1 Å². The number of rotatable bonds is 27. The van der Waals surface area contributed by atoms with Crippen molar-refractivity contribution in [3.8, 4) is 23.0 Å². The van der Waals surface area contributed by atoms with Crippen LogP contribution in [-0.4, -0.2) is 90.1 Å². The van der Waals surface area contributed by atoms with Gasteiger partial charge >= 0.3 is 11.9 Å². The van der Waals surface area contributed by atoms with Crippen molar-refractivity contribution in [2.45, 2.75) is 116 Å².